The molecule has 0 radical (unpaired) electrons. The Morgan fingerprint density at radius 1 is 1.19 bits per heavy atom. The molecule has 130 valence electrons. The van der Waals surface area contributed by atoms with Crippen LogP contribution < -0.4 is 5.32 Å². The number of aryl methyl sites for hydroxylation is 1. The number of carbonyl (C=O) groups is 1. The number of halogens is 2. The Morgan fingerprint density at radius 2 is 1.92 bits per heavy atom. The van der Waals surface area contributed by atoms with Gasteiger partial charge in [0.2, 0.25) is 0 Å². The number of thiophene rings is 1. The van der Waals surface area contributed by atoms with Crippen LogP contribution in [0, 0.1) is 12.7 Å². The van der Waals surface area contributed by atoms with Crippen LogP contribution in [0.1, 0.15) is 15.4 Å². The van der Waals surface area contributed by atoms with Gasteiger partial charge in [0.1, 0.15) is 10.6 Å². The van der Waals surface area contributed by atoms with E-state index in [0.717, 1.165) is 21.6 Å². The van der Waals surface area contributed by atoms with Gasteiger partial charge in [-0.2, -0.15) is 5.10 Å². The Morgan fingerprint density at radius 3 is 2.65 bits per heavy atom. The maximum atomic E-state index is 13.2. The summed E-state index contributed by atoms with van der Waals surface area (Å²) in [7, 11) is 0. The van der Waals surface area contributed by atoms with Crippen molar-refractivity contribution in [2.24, 2.45) is 0 Å². The molecule has 7 heteroatoms. The number of hydrogen-bond donors (Lipinski definition) is 1. The SMILES string of the molecule is Cc1nn(-c2ccc(F)cc2)c2sc(C(=O)Nc3ccccc3Cl)cc12. The third-order valence-electron chi connectivity index (χ3n) is 3.96. The molecule has 0 fully saturated rings. The van der Waals surface area contributed by atoms with Gasteiger partial charge in [-0.25, -0.2) is 9.07 Å². The molecule has 1 amide bonds. The predicted molar refractivity (Wildman–Crippen MR) is 103 cm³/mol. The average molecular weight is 386 g/mol. The van der Waals surface area contributed by atoms with Crippen LogP contribution in [-0.4, -0.2) is 15.7 Å². The number of aromatic nitrogens is 2. The lowest BCUT2D eigenvalue weighted by molar-refractivity contribution is 0.103. The Hall–Kier alpha value is -2.70. The zero-order valence-corrected chi connectivity index (χ0v) is 15.2. The van der Waals surface area contributed by atoms with Gasteiger partial charge in [-0.15, -0.1) is 11.3 Å². The lowest BCUT2D eigenvalue weighted by Crippen LogP contribution is -2.10. The summed E-state index contributed by atoms with van der Waals surface area (Å²) in [5, 5.41) is 8.70. The monoisotopic (exact) mass is 385 g/mol. The number of fused-ring (bicyclic) bond motifs is 1. The molecule has 0 saturated heterocycles. The van der Waals surface area contributed by atoms with Crippen molar-refractivity contribution < 1.29 is 9.18 Å². The molecular formula is C19H13ClFN3OS. The first kappa shape index (κ1) is 16.8. The molecule has 2 aromatic carbocycles. The molecule has 0 aliphatic carbocycles. The van der Waals surface area contributed by atoms with Crippen LogP contribution in [0.5, 0.6) is 0 Å². The maximum Gasteiger partial charge on any atom is 0.265 e. The minimum atomic E-state index is -0.306. The molecule has 26 heavy (non-hydrogen) atoms. The number of amides is 1. The molecule has 4 aromatic rings. The van der Waals surface area contributed by atoms with E-state index < -0.39 is 0 Å². The number of hydrogen-bond acceptors (Lipinski definition) is 3. The quantitative estimate of drug-likeness (QED) is 0.510. The molecule has 2 heterocycles. The molecule has 4 nitrogen and oxygen atoms in total. The summed E-state index contributed by atoms with van der Waals surface area (Å²) < 4.78 is 14.9. The highest BCUT2D eigenvalue weighted by Crippen LogP contribution is 2.31. The highest BCUT2D eigenvalue weighted by atomic mass is 35.5. The molecule has 0 unspecified atom stereocenters. The van der Waals surface area contributed by atoms with E-state index in [-0.39, 0.29) is 11.7 Å². The van der Waals surface area contributed by atoms with Gasteiger partial charge < -0.3 is 5.32 Å². The minimum Gasteiger partial charge on any atom is -0.320 e. The molecule has 0 bridgehead atoms. The number of rotatable bonds is 3. The van der Waals surface area contributed by atoms with Gasteiger partial charge in [0.05, 0.1) is 27.0 Å². The second-order valence-electron chi connectivity index (χ2n) is 5.74. The zero-order valence-electron chi connectivity index (χ0n) is 13.7. The first-order valence-electron chi connectivity index (χ1n) is 7.84. The molecule has 0 atom stereocenters. The summed E-state index contributed by atoms with van der Waals surface area (Å²) in [6.07, 6.45) is 0. The smallest absolute Gasteiger partial charge is 0.265 e. The van der Waals surface area contributed by atoms with Crippen molar-refractivity contribution in [3.05, 3.63) is 76.0 Å². The molecule has 0 saturated carbocycles. The topological polar surface area (TPSA) is 46.9 Å². The van der Waals surface area contributed by atoms with Gasteiger partial charge in [-0.05, 0) is 49.4 Å². The lowest BCUT2D eigenvalue weighted by atomic mass is 10.3. The first-order chi connectivity index (χ1) is 12.5. The average Bonchev–Trinajstić information content (AvgIpc) is 3.19. The fourth-order valence-corrected chi connectivity index (χ4v) is 3.92. The molecule has 0 aliphatic heterocycles. The highest BCUT2D eigenvalue weighted by Gasteiger charge is 2.18. The Labute approximate surface area is 157 Å². The molecular weight excluding hydrogens is 373 g/mol. The van der Waals surface area contributed by atoms with Crippen LogP contribution in [0.25, 0.3) is 15.9 Å². The minimum absolute atomic E-state index is 0.232. The molecule has 2 aromatic heterocycles. The fourth-order valence-electron chi connectivity index (χ4n) is 2.66. The van der Waals surface area contributed by atoms with E-state index >= 15 is 0 Å². The van der Waals surface area contributed by atoms with Gasteiger partial charge in [-0.1, -0.05) is 23.7 Å². The van der Waals surface area contributed by atoms with Crippen molar-refractivity contribution in [3.8, 4) is 5.69 Å². The Kier molecular flexibility index (Phi) is 4.22. The maximum absolute atomic E-state index is 13.2. The van der Waals surface area contributed by atoms with Crippen LogP contribution >= 0.6 is 22.9 Å². The van der Waals surface area contributed by atoms with Crippen molar-refractivity contribution in [1.29, 1.82) is 0 Å². The van der Waals surface area contributed by atoms with Gasteiger partial charge in [0, 0.05) is 5.39 Å². The zero-order chi connectivity index (χ0) is 18.3. The van der Waals surface area contributed by atoms with Crippen LogP contribution in [-0.2, 0) is 0 Å². The van der Waals surface area contributed by atoms with Gasteiger partial charge in [-0.3, -0.25) is 4.79 Å². The summed E-state index contributed by atoms with van der Waals surface area (Å²) in [6, 6.07) is 15.0. The van der Waals surface area contributed by atoms with Crippen LogP contribution in [0.15, 0.2) is 54.6 Å². The number of para-hydroxylation sites is 1. The van der Waals surface area contributed by atoms with Crippen molar-refractivity contribution in [3.63, 3.8) is 0 Å². The van der Waals surface area contributed by atoms with E-state index in [9.17, 15) is 9.18 Å². The van der Waals surface area contributed by atoms with Gasteiger partial charge in [0.25, 0.3) is 5.91 Å². The standard InChI is InChI=1S/C19H13ClFN3OS/c1-11-14-10-17(18(25)22-16-5-3-2-4-15(16)20)26-19(14)24(23-11)13-8-6-12(21)7-9-13/h2-10H,1H3,(H,22,25). The van der Waals surface area contributed by atoms with Crippen molar-refractivity contribution >= 4 is 44.7 Å². The van der Waals surface area contributed by atoms with E-state index in [1.165, 1.54) is 23.5 Å². The third kappa shape index (κ3) is 2.98. The number of nitrogens with one attached hydrogen (secondary N) is 1. The van der Waals surface area contributed by atoms with E-state index in [4.69, 9.17) is 11.6 Å². The first-order valence-corrected chi connectivity index (χ1v) is 9.03. The number of anilines is 1. The van der Waals surface area contributed by atoms with E-state index in [2.05, 4.69) is 10.4 Å². The van der Waals surface area contributed by atoms with Crippen LogP contribution in [0.2, 0.25) is 5.02 Å². The molecule has 0 aliphatic rings. The van der Waals surface area contributed by atoms with Crippen LogP contribution in [0.3, 0.4) is 0 Å². The van der Waals surface area contributed by atoms with E-state index in [1.807, 2.05) is 19.1 Å². The molecule has 0 spiro atoms. The van der Waals surface area contributed by atoms with Crippen LogP contribution in [0.4, 0.5) is 10.1 Å². The van der Waals surface area contributed by atoms with E-state index in [1.54, 1.807) is 35.0 Å². The summed E-state index contributed by atoms with van der Waals surface area (Å²) in [5.41, 5.74) is 2.11. The van der Waals surface area contributed by atoms with E-state index in [0.29, 0.717) is 15.6 Å². The number of nitrogens with zero attached hydrogens (tertiary/aromatic N) is 2. The lowest BCUT2D eigenvalue weighted by Gasteiger charge is -2.05. The second kappa shape index (κ2) is 6.55. The largest absolute Gasteiger partial charge is 0.320 e. The van der Waals surface area contributed by atoms with Crippen molar-refractivity contribution in [2.45, 2.75) is 6.92 Å². The Bertz CT molecular complexity index is 1120. The summed E-state index contributed by atoms with van der Waals surface area (Å²) >= 11 is 7.43. The summed E-state index contributed by atoms with van der Waals surface area (Å²) in [4.78, 5) is 14.0. The number of benzene rings is 2. The van der Waals surface area contributed by atoms with Crippen molar-refractivity contribution in [1.82, 2.24) is 9.78 Å². The van der Waals surface area contributed by atoms with Crippen molar-refractivity contribution in [2.75, 3.05) is 5.32 Å². The highest BCUT2D eigenvalue weighted by molar-refractivity contribution is 7.20. The Balaban J connectivity index is 1.72. The molecule has 1 N–H and O–H groups in total. The van der Waals surface area contributed by atoms with Gasteiger partial charge in [0.15, 0.2) is 0 Å². The molecule has 4 rings (SSSR count). The fraction of sp³-hybridized carbons (Fsp3) is 0.0526. The predicted octanol–water partition coefficient (Wildman–Crippen LogP) is 5.44. The van der Waals surface area contributed by atoms with Gasteiger partial charge >= 0.3 is 0 Å². The summed E-state index contributed by atoms with van der Waals surface area (Å²) in [6.45, 7) is 1.88. The third-order valence-corrected chi connectivity index (χ3v) is 5.40. The normalized spacial score (nSPS) is 11.0. The number of carbonyl (C=O) groups excluding carboxylic acids is 1. The summed E-state index contributed by atoms with van der Waals surface area (Å²) in [5.74, 6) is -0.538. The second-order valence-corrected chi connectivity index (χ2v) is 7.17.